The van der Waals surface area contributed by atoms with Crippen molar-refractivity contribution in [1.82, 2.24) is 14.8 Å². The fourth-order valence-corrected chi connectivity index (χ4v) is 6.42. The van der Waals surface area contributed by atoms with Crippen LogP contribution in [-0.4, -0.2) is 27.8 Å². The second-order valence-electron chi connectivity index (χ2n) is 10.5. The van der Waals surface area contributed by atoms with Gasteiger partial charge in [0.05, 0.1) is 12.7 Å². The number of methoxy groups -OCH3 is 1. The first-order valence-electron chi connectivity index (χ1n) is 14.5. The number of esters is 1. The van der Waals surface area contributed by atoms with E-state index < -0.39 is 12.0 Å². The van der Waals surface area contributed by atoms with Crippen LogP contribution in [-0.2, 0) is 28.5 Å². The average molecular weight is 718 g/mol. The lowest BCUT2D eigenvalue weighted by atomic mass is 9.95. The highest BCUT2D eigenvalue weighted by Gasteiger charge is 2.36. The number of fused-ring (bicyclic) bond motifs is 1. The van der Waals surface area contributed by atoms with E-state index in [1.165, 1.54) is 11.8 Å². The van der Waals surface area contributed by atoms with Crippen molar-refractivity contribution in [3.05, 3.63) is 140 Å². The summed E-state index contributed by atoms with van der Waals surface area (Å²) in [5.41, 5.74) is 4.69. The van der Waals surface area contributed by atoms with Crippen LogP contribution in [0.15, 0.2) is 118 Å². The maximum Gasteiger partial charge on any atom is 0.338 e. The summed E-state index contributed by atoms with van der Waals surface area (Å²) in [6.45, 7) is 2.35. The molecule has 5 aromatic rings. The van der Waals surface area contributed by atoms with Crippen molar-refractivity contribution in [1.29, 1.82) is 0 Å². The number of thioether (sulfide) groups is 1. The van der Waals surface area contributed by atoms with Gasteiger partial charge in [0.2, 0.25) is 11.1 Å². The molecule has 0 bridgehead atoms. The molecular formula is C35H30BrClN4O4S. The first-order chi connectivity index (χ1) is 22.4. The van der Waals surface area contributed by atoms with Crippen molar-refractivity contribution in [2.75, 3.05) is 12.4 Å². The first kappa shape index (κ1) is 31.7. The Hall–Kier alpha value is -4.25. The second kappa shape index (κ2) is 14.5. The molecule has 46 heavy (non-hydrogen) atoms. The van der Waals surface area contributed by atoms with Crippen LogP contribution in [0.5, 0.6) is 11.5 Å². The van der Waals surface area contributed by atoms with Gasteiger partial charge >= 0.3 is 5.97 Å². The summed E-state index contributed by atoms with van der Waals surface area (Å²) in [7, 11) is 1.59. The average Bonchev–Trinajstić information content (AvgIpc) is 3.48. The number of aromatic nitrogens is 3. The van der Waals surface area contributed by atoms with Gasteiger partial charge < -0.3 is 19.5 Å². The number of hydrogen-bond donors (Lipinski definition) is 1. The van der Waals surface area contributed by atoms with Crippen LogP contribution in [0.4, 0.5) is 5.95 Å². The van der Waals surface area contributed by atoms with E-state index in [0.29, 0.717) is 51.3 Å². The summed E-state index contributed by atoms with van der Waals surface area (Å²) >= 11 is 11.3. The van der Waals surface area contributed by atoms with Crippen LogP contribution in [0.3, 0.4) is 0 Å². The molecule has 234 valence electrons. The lowest BCUT2D eigenvalue weighted by Crippen LogP contribution is -2.29. The van der Waals surface area contributed by atoms with E-state index in [2.05, 4.69) is 21.2 Å². The van der Waals surface area contributed by atoms with Crippen molar-refractivity contribution >= 4 is 51.2 Å². The Morgan fingerprint density at radius 1 is 0.957 bits per heavy atom. The second-order valence-corrected chi connectivity index (χ2v) is 12.8. The van der Waals surface area contributed by atoms with Crippen LogP contribution >= 0.6 is 39.3 Å². The Kier molecular flexibility index (Phi) is 9.97. The molecule has 0 aliphatic carbocycles. The molecule has 6 rings (SSSR count). The van der Waals surface area contributed by atoms with E-state index in [1.807, 2.05) is 104 Å². The number of nitrogens with one attached hydrogen (secondary N) is 1. The van der Waals surface area contributed by atoms with Gasteiger partial charge in [0, 0.05) is 20.9 Å². The van der Waals surface area contributed by atoms with Crippen LogP contribution in [0, 0.1) is 0 Å². The van der Waals surface area contributed by atoms with Gasteiger partial charge in [0.15, 0.2) is 11.5 Å². The smallest absolute Gasteiger partial charge is 0.338 e. The quantitative estimate of drug-likeness (QED) is 0.107. The molecule has 0 spiro atoms. The summed E-state index contributed by atoms with van der Waals surface area (Å²) in [4.78, 5) is 18.5. The number of rotatable bonds is 11. The standard InChI is InChI=1S/C35H30BrClN4O4S/c1-22-31(33(42)45-20-23-8-4-3-5-9-23)32(41-34(38-22)39-35(40-41)46-21-26-10-6-7-11-28(26)37)25-14-17-29(30(18-25)43-2)44-19-24-12-15-27(36)16-13-24/h3-18,32H,19-21H2,1-2H3,(H,38,39,40). The highest BCUT2D eigenvalue weighted by atomic mass is 79.9. The fourth-order valence-electron chi connectivity index (χ4n) is 5.04. The van der Waals surface area contributed by atoms with Crippen molar-refractivity contribution in [3.8, 4) is 11.5 Å². The van der Waals surface area contributed by atoms with E-state index in [4.69, 9.17) is 35.9 Å². The third-order valence-corrected chi connectivity index (χ3v) is 9.18. The number of halogens is 2. The Bertz CT molecular complexity index is 1880. The summed E-state index contributed by atoms with van der Waals surface area (Å²) in [5.74, 6) is 1.74. The number of carbonyl (C=O) groups is 1. The number of allylic oxidation sites excluding steroid dienone is 1. The monoisotopic (exact) mass is 716 g/mol. The maximum atomic E-state index is 13.8. The zero-order valence-electron chi connectivity index (χ0n) is 25.1. The lowest BCUT2D eigenvalue weighted by molar-refractivity contribution is -0.140. The number of hydrogen-bond acceptors (Lipinski definition) is 8. The highest BCUT2D eigenvalue weighted by molar-refractivity contribution is 9.10. The normalized spacial score (nSPS) is 14.0. The minimum absolute atomic E-state index is 0.137. The third kappa shape index (κ3) is 7.25. The van der Waals surface area contributed by atoms with E-state index in [9.17, 15) is 4.79 Å². The zero-order valence-corrected chi connectivity index (χ0v) is 28.2. The minimum atomic E-state index is -0.642. The number of anilines is 1. The van der Waals surface area contributed by atoms with Crippen molar-refractivity contribution in [2.45, 2.75) is 37.1 Å². The Balaban J connectivity index is 1.32. The molecule has 0 fully saturated rings. The molecule has 1 atom stereocenters. The molecule has 1 aromatic heterocycles. The molecule has 4 aromatic carbocycles. The minimum Gasteiger partial charge on any atom is -0.493 e. The van der Waals surface area contributed by atoms with Gasteiger partial charge in [-0.1, -0.05) is 106 Å². The third-order valence-electron chi connectivity index (χ3n) is 7.39. The summed E-state index contributed by atoms with van der Waals surface area (Å²) in [6, 6.07) is 30.2. The summed E-state index contributed by atoms with van der Waals surface area (Å²) < 4.78 is 20.4. The molecule has 0 amide bonds. The van der Waals surface area contributed by atoms with Crippen LogP contribution in [0.2, 0.25) is 5.02 Å². The van der Waals surface area contributed by atoms with Gasteiger partial charge in [-0.25, -0.2) is 9.48 Å². The topological polar surface area (TPSA) is 87.5 Å². The van der Waals surface area contributed by atoms with E-state index in [1.54, 1.807) is 11.8 Å². The molecule has 2 heterocycles. The molecule has 1 aliphatic rings. The maximum absolute atomic E-state index is 13.8. The molecule has 0 radical (unpaired) electrons. The van der Waals surface area contributed by atoms with Gasteiger partial charge in [0.1, 0.15) is 19.3 Å². The SMILES string of the molecule is COc1cc(C2C(C(=O)OCc3ccccc3)=C(C)Nc3nc(SCc4ccccc4Cl)nn32)ccc1OCc1ccc(Br)cc1. The Morgan fingerprint density at radius 3 is 2.46 bits per heavy atom. The van der Waals surface area contributed by atoms with Crippen LogP contribution < -0.4 is 14.8 Å². The van der Waals surface area contributed by atoms with Crippen molar-refractivity contribution < 1.29 is 19.0 Å². The van der Waals surface area contributed by atoms with Gasteiger partial charge in [-0.05, 0) is 59.5 Å². The molecule has 1 aliphatic heterocycles. The van der Waals surface area contributed by atoms with E-state index in [0.717, 1.165) is 26.7 Å². The molecule has 11 heteroatoms. The number of nitrogens with zero attached hydrogens (tertiary/aromatic N) is 3. The van der Waals surface area contributed by atoms with E-state index >= 15 is 0 Å². The predicted molar refractivity (Wildman–Crippen MR) is 183 cm³/mol. The van der Waals surface area contributed by atoms with E-state index in [-0.39, 0.29) is 6.61 Å². The molecule has 1 unspecified atom stereocenters. The summed E-state index contributed by atoms with van der Waals surface area (Å²) in [6.07, 6.45) is 0. The van der Waals surface area contributed by atoms with Crippen LogP contribution in [0.25, 0.3) is 0 Å². The molecule has 1 N–H and O–H groups in total. The van der Waals surface area contributed by atoms with Gasteiger partial charge in [0.25, 0.3) is 0 Å². The first-order valence-corrected chi connectivity index (χ1v) is 16.6. The number of ether oxygens (including phenoxy) is 3. The van der Waals surface area contributed by atoms with Crippen LogP contribution in [0.1, 0.15) is 35.2 Å². The largest absolute Gasteiger partial charge is 0.493 e. The molecule has 0 saturated carbocycles. The Labute approximate surface area is 284 Å². The van der Waals surface area contributed by atoms with Gasteiger partial charge in [-0.15, -0.1) is 5.10 Å². The van der Waals surface area contributed by atoms with Gasteiger partial charge in [-0.3, -0.25) is 0 Å². The number of benzene rings is 4. The predicted octanol–water partition coefficient (Wildman–Crippen LogP) is 8.61. The lowest BCUT2D eigenvalue weighted by Gasteiger charge is -2.28. The highest BCUT2D eigenvalue weighted by Crippen LogP contribution is 2.40. The molecular weight excluding hydrogens is 688 g/mol. The van der Waals surface area contributed by atoms with Crippen molar-refractivity contribution in [3.63, 3.8) is 0 Å². The zero-order chi connectivity index (χ0) is 32.0. The number of carbonyl (C=O) groups excluding carboxylic acids is 1. The molecule has 8 nitrogen and oxygen atoms in total. The molecule has 0 saturated heterocycles. The van der Waals surface area contributed by atoms with Crippen molar-refractivity contribution in [2.24, 2.45) is 0 Å². The van der Waals surface area contributed by atoms with Gasteiger partial charge in [-0.2, -0.15) is 4.98 Å². The fraction of sp³-hybridized carbons (Fsp3) is 0.171. The summed E-state index contributed by atoms with van der Waals surface area (Å²) in [5, 5.41) is 9.34. The Morgan fingerprint density at radius 2 is 1.70 bits per heavy atom.